The van der Waals surface area contributed by atoms with Crippen molar-refractivity contribution in [2.45, 2.75) is 39.5 Å². The molecule has 2 rings (SSSR count). The van der Waals surface area contributed by atoms with Crippen LogP contribution >= 0.6 is 0 Å². The predicted molar refractivity (Wildman–Crippen MR) is 49.2 cm³/mol. The van der Waals surface area contributed by atoms with Gasteiger partial charge in [0.15, 0.2) is 0 Å². The molecule has 3 atom stereocenters. The van der Waals surface area contributed by atoms with Crippen LogP contribution in [0.4, 0.5) is 0 Å². The van der Waals surface area contributed by atoms with E-state index in [1.165, 1.54) is 0 Å². The fourth-order valence-electron chi connectivity index (χ4n) is 2.99. The summed E-state index contributed by atoms with van der Waals surface area (Å²) in [4.78, 5) is 23.1. The molecule has 0 unspecified atom stereocenters. The second kappa shape index (κ2) is 2.66. The zero-order chi connectivity index (χ0) is 9.64. The van der Waals surface area contributed by atoms with Crippen molar-refractivity contribution in [3.8, 4) is 0 Å². The summed E-state index contributed by atoms with van der Waals surface area (Å²) >= 11 is 0. The van der Waals surface area contributed by atoms with Gasteiger partial charge in [-0.2, -0.15) is 0 Å². The fourth-order valence-corrected chi connectivity index (χ4v) is 2.99. The molecule has 2 aliphatic carbocycles. The fraction of sp³-hybridized carbons (Fsp3) is 0.818. The molecule has 2 saturated carbocycles. The topological polar surface area (TPSA) is 34.1 Å². The van der Waals surface area contributed by atoms with Gasteiger partial charge in [-0.3, -0.25) is 9.59 Å². The van der Waals surface area contributed by atoms with Crippen LogP contribution in [0.1, 0.15) is 39.5 Å². The Kier molecular flexibility index (Phi) is 1.83. The van der Waals surface area contributed by atoms with Gasteiger partial charge in [0.05, 0.1) is 0 Å². The van der Waals surface area contributed by atoms with E-state index in [0.717, 1.165) is 12.8 Å². The monoisotopic (exact) mass is 180 g/mol. The average molecular weight is 180 g/mol. The van der Waals surface area contributed by atoms with Gasteiger partial charge in [-0.25, -0.2) is 0 Å². The number of hydrogen-bond acceptors (Lipinski definition) is 2. The van der Waals surface area contributed by atoms with E-state index in [0.29, 0.717) is 24.4 Å². The van der Waals surface area contributed by atoms with Crippen molar-refractivity contribution in [2.75, 3.05) is 0 Å². The van der Waals surface area contributed by atoms with Crippen LogP contribution in [0.15, 0.2) is 0 Å². The third-order valence-corrected chi connectivity index (χ3v) is 4.25. The summed E-state index contributed by atoms with van der Waals surface area (Å²) < 4.78 is 0. The Balaban J connectivity index is 2.33. The minimum atomic E-state index is -0.00752. The Morgan fingerprint density at radius 2 is 1.92 bits per heavy atom. The van der Waals surface area contributed by atoms with Crippen molar-refractivity contribution in [1.82, 2.24) is 0 Å². The van der Waals surface area contributed by atoms with Crippen LogP contribution in [0.3, 0.4) is 0 Å². The lowest BCUT2D eigenvalue weighted by Crippen LogP contribution is -2.41. The molecule has 2 nitrogen and oxygen atoms in total. The third-order valence-electron chi connectivity index (χ3n) is 4.25. The van der Waals surface area contributed by atoms with Gasteiger partial charge in [-0.05, 0) is 18.3 Å². The maximum atomic E-state index is 11.6. The molecule has 0 aromatic rings. The van der Waals surface area contributed by atoms with Gasteiger partial charge in [0.25, 0.3) is 0 Å². The molecule has 0 aliphatic heterocycles. The lowest BCUT2D eigenvalue weighted by molar-refractivity contribution is -0.134. The van der Waals surface area contributed by atoms with E-state index in [-0.39, 0.29) is 17.3 Å². The Labute approximate surface area is 78.7 Å². The molecule has 2 fully saturated rings. The first-order valence-electron chi connectivity index (χ1n) is 5.11. The summed E-state index contributed by atoms with van der Waals surface area (Å²) in [6.45, 7) is 4.11. The van der Waals surface area contributed by atoms with Crippen molar-refractivity contribution in [1.29, 1.82) is 0 Å². The van der Waals surface area contributed by atoms with Crippen LogP contribution in [0.2, 0.25) is 0 Å². The van der Waals surface area contributed by atoms with Crippen molar-refractivity contribution in [3.63, 3.8) is 0 Å². The van der Waals surface area contributed by atoms with Gasteiger partial charge < -0.3 is 0 Å². The molecule has 2 heteroatoms. The number of rotatable bonds is 0. The van der Waals surface area contributed by atoms with E-state index < -0.39 is 0 Å². The first-order valence-corrected chi connectivity index (χ1v) is 5.11. The zero-order valence-corrected chi connectivity index (χ0v) is 8.30. The smallest absolute Gasteiger partial charge is 0.136 e. The van der Waals surface area contributed by atoms with Gasteiger partial charge in [0.2, 0.25) is 0 Å². The summed E-state index contributed by atoms with van der Waals surface area (Å²) in [6.07, 6.45) is 3.04. The Morgan fingerprint density at radius 3 is 2.62 bits per heavy atom. The predicted octanol–water partition coefficient (Wildman–Crippen LogP) is 1.97. The summed E-state index contributed by atoms with van der Waals surface area (Å²) in [5.74, 6) is 1.02. The molecule has 0 bridgehead atoms. The van der Waals surface area contributed by atoms with Crippen LogP contribution in [0, 0.1) is 17.3 Å². The van der Waals surface area contributed by atoms with Crippen molar-refractivity contribution in [3.05, 3.63) is 0 Å². The molecule has 72 valence electrons. The first-order chi connectivity index (χ1) is 6.05. The lowest BCUT2D eigenvalue weighted by atomic mass is 9.63. The van der Waals surface area contributed by atoms with Crippen molar-refractivity contribution < 1.29 is 9.59 Å². The van der Waals surface area contributed by atoms with E-state index in [9.17, 15) is 9.59 Å². The molecule has 13 heavy (non-hydrogen) atoms. The maximum absolute atomic E-state index is 11.6. The van der Waals surface area contributed by atoms with Crippen LogP contribution in [-0.4, -0.2) is 11.6 Å². The molecule has 0 spiro atoms. The Bertz CT molecular complexity index is 267. The Hall–Kier alpha value is -0.660. The van der Waals surface area contributed by atoms with Gasteiger partial charge in [0.1, 0.15) is 11.6 Å². The summed E-state index contributed by atoms with van der Waals surface area (Å²) in [6, 6.07) is 0. The number of hydrogen-bond donors (Lipinski definition) is 0. The van der Waals surface area contributed by atoms with Crippen LogP contribution in [0.25, 0.3) is 0 Å². The molecular weight excluding hydrogens is 164 g/mol. The molecule has 0 heterocycles. The van der Waals surface area contributed by atoms with E-state index >= 15 is 0 Å². The van der Waals surface area contributed by atoms with Gasteiger partial charge in [0, 0.05) is 24.7 Å². The first kappa shape index (κ1) is 8.92. The van der Waals surface area contributed by atoms with Crippen LogP contribution < -0.4 is 0 Å². The van der Waals surface area contributed by atoms with E-state index in [1.807, 2.05) is 6.92 Å². The second-order valence-electron chi connectivity index (χ2n) is 4.75. The normalized spacial score (nSPS) is 45.1. The molecular formula is C11H16O2. The molecule has 0 amide bonds. The van der Waals surface area contributed by atoms with Crippen molar-refractivity contribution in [2.24, 2.45) is 17.3 Å². The zero-order valence-electron chi connectivity index (χ0n) is 8.30. The van der Waals surface area contributed by atoms with Crippen molar-refractivity contribution >= 4 is 11.6 Å². The standard InChI is InChI=1S/C11H16O2/c1-7-9(12)4-3-8-10(13)5-6-11(7,8)2/h7-8H,3-6H2,1-2H3/t7-,8+,11+/m1/s1. The summed E-state index contributed by atoms with van der Waals surface area (Å²) in [5, 5.41) is 0. The average Bonchev–Trinajstić information content (AvgIpc) is 2.39. The molecule has 2 aliphatic rings. The van der Waals surface area contributed by atoms with Crippen LogP contribution in [-0.2, 0) is 9.59 Å². The number of fused-ring (bicyclic) bond motifs is 1. The third kappa shape index (κ3) is 1.07. The number of ketones is 2. The van der Waals surface area contributed by atoms with Gasteiger partial charge in [-0.15, -0.1) is 0 Å². The summed E-state index contributed by atoms with van der Waals surface area (Å²) in [7, 11) is 0. The molecule has 0 radical (unpaired) electrons. The number of carbonyl (C=O) groups is 2. The molecule has 0 aromatic heterocycles. The van der Waals surface area contributed by atoms with E-state index in [1.54, 1.807) is 0 Å². The molecule has 0 saturated heterocycles. The minimum absolute atomic E-state index is 0.00752. The largest absolute Gasteiger partial charge is 0.299 e. The highest BCUT2D eigenvalue weighted by atomic mass is 16.1. The van der Waals surface area contributed by atoms with Gasteiger partial charge in [-0.1, -0.05) is 13.8 Å². The molecule has 0 N–H and O–H groups in total. The second-order valence-corrected chi connectivity index (χ2v) is 4.75. The highest BCUT2D eigenvalue weighted by molar-refractivity contribution is 5.90. The quantitative estimate of drug-likeness (QED) is 0.571. The van der Waals surface area contributed by atoms with E-state index in [4.69, 9.17) is 0 Å². The highest BCUT2D eigenvalue weighted by Gasteiger charge is 2.52. The minimum Gasteiger partial charge on any atom is -0.299 e. The van der Waals surface area contributed by atoms with Crippen LogP contribution in [0.5, 0.6) is 0 Å². The number of Topliss-reactive ketones (excluding diaryl/α,β-unsaturated/α-hetero) is 2. The van der Waals surface area contributed by atoms with Gasteiger partial charge >= 0.3 is 0 Å². The van der Waals surface area contributed by atoms with E-state index in [2.05, 4.69) is 6.92 Å². The Morgan fingerprint density at radius 1 is 1.23 bits per heavy atom. The maximum Gasteiger partial charge on any atom is 0.136 e. The molecule has 0 aromatic carbocycles. The summed E-state index contributed by atoms with van der Waals surface area (Å²) in [5.41, 5.74) is -0.00752. The SMILES string of the molecule is C[C@@H]1C(=O)CC[C@H]2C(=O)CC[C@@]12C. The highest BCUT2D eigenvalue weighted by Crippen LogP contribution is 2.51. The lowest BCUT2D eigenvalue weighted by Gasteiger charge is -2.39. The number of carbonyl (C=O) groups excluding carboxylic acids is 2.